The highest BCUT2D eigenvalue weighted by Crippen LogP contribution is 2.29. The maximum atomic E-state index is 12.7. The number of unbranched alkanes of at least 4 members (excludes halogenated alkanes) is 1. The summed E-state index contributed by atoms with van der Waals surface area (Å²) in [4.78, 5) is 60.2. The van der Waals surface area contributed by atoms with Gasteiger partial charge in [0.05, 0.1) is 11.1 Å². The molecule has 1 atom stereocenters. The molecule has 2 heterocycles. The SMILES string of the molecule is NC(=O)CCCCNc1ccc2c(c1)C(=O)N(C1CCC(=O)NC1=O)C2=O. The number of rotatable bonds is 7. The van der Waals surface area contributed by atoms with Crippen LogP contribution in [0.3, 0.4) is 0 Å². The van der Waals surface area contributed by atoms with Crippen LogP contribution in [-0.4, -0.2) is 47.0 Å². The number of benzene rings is 1. The lowest BCUT2D eigenvalue weighted by Crippen LogP contribution is -2.54. The van der Waals surface area contributed by atoms with Crippen molar-refractivity contribution < 1.29 is 24.0 Å². The number of nitrogens with zero attached hydrogens (tertiary/aromatic N) is 1. The molecule has 9 nitrogen and oxygen atoms in total. The summed E-state index contributed by atoms with van der Waals surface area (Å²) in [5, 5.41) is 5.30. The van der Waals surface area contributed by atoms with E-state index in [9.17, 15) is 24.0 Å². The third-order valence-corrected chi connectivity index (χ3v) is 4.62. The molecule has 1 fully saturated rings. The van der Waals surface area contributed by atoms with Gasteiger partial charge in [-0.05, 0) is 37.5 Å². The molecule has 9 heteroatoms. The molecular weight excluding hydrogens is 352 g/mol. The second-order valence-corrected chi connectivity index (χ2v) is 6.56. The zero-order valence-corrected chi connectivity index (χ0v) is 14.6. The highest BCUT2D eigenvalue weighted by Gasteiger charge is 2.44. The molecule has 5 amide bonds. The van der Waals surface area contributed by atoms with Crippen molar-refractivity contribution in [3.05, 3.63) is 29.3 Å². The molecule has 0 aromatic heterocycles. The van der Waals surface area contributed by atoms with E-state index in [1.54, 1.807) is 18.2 Å². The zero-order chi connectivity index (χ0) is 19.6. The lowest BCUT2D eigenvalue weighted by molar-refractivity contribution is -0.136. The molecule has 1 unspecified atom stereocenters. The number of amides is 5. The van der Waals surface area contributed by atoms with Crippen LogP contribution in [0.2, 0.25) is 0 Å². The van der Waals surface area contributed by atoms with Crippen molar-refractivity contribution in [1.82, 2.24) is 10.2 Å². The van der Waals surface area contributed by atoms with Gasteiger partial charge in [0.15, 0.2) is 0 Å². The number of fused-ring (bicyclic) bond motifs is 1. The monoisotopic (exact) mass is 372 g/mol. The first-order chi connectivity index (χ1) is 12.9. The number of imide groups is 2. The summed E-state index contributed by atoms with van der Waals surface area (Å²) in [6, 6.07) is 3.84. The molecule has 27 heavy (non-hydrogen) atoms. The van der Waals surface area contributed by atoms with Gasteiger partial charge in [0.1, 0.15) is 6.04 Å². The molecule has 4 N–H and O–H groups in total. The van der Waals surface area contributed by atoms with E-state index < -0.39 is 29.7 Å². The standard InChI is InChI=1S/C18H20N4O5/c19-14(23)3-1-2-8-20-10-4-5-11-12(9-10)18(27)22(17(11)26)13-6-7-15(24)21-16(13)25/h4-5,9,13,20H,1-3,6-8H2,(H2,19,23)(H,21,24,25). The highest BCUT2D eigenvalue weighted by atomic mass is 16.2. The predicted molar refractivity (Wildman–Crippen MR) is 94.6 cm³/mol. The summed E-state index contributed by atoms with van der Waals surface area (Å²) >= 11 is 0. The highest BCUT2D eigenvalue weighted by molar-refractivity contribution is 6.23. The van der Waals surface area contributed by atoms with Gasteiger partial charge in [0.2, 0.25) is 17.7 Å². The summed E-state index contributed by atoms with van der Waals surface area (Å²) in [5.41, 5.74) is 6.22. The number of nitrogens with one attached hydrogen (secondary N) is 2. The molecule has 3 rings (SSSR count). The molecule has 0 bridgehead atoms. The Balaban J connectivity index is 1.68. The van der Waals surface area contributed by atoms with Crippen molar-refractivity contribution in [2.45, 2.75) is 38.1 Å². The minimum Gasteiger partial charge on any atom is -0.385 e. The Morgan fingerprint density at radius 3 is 2.59 bits per heavy atom. The Labute approximate surface area is 155 Å². The van der Waals surface area contributed by atoms with Gasteiger partial charge in [-0.3, -0.25) is 34.2 Å². The van der Waals surface area contributed by atoms with Crippen LogP contribution >= 0.6 is 0 Å². The van der Waals surface area contributed by atoms with Crippen LogP contribution in [0.15, 0.2) is 18.2 Å². The average Bonchev–Trinajstić information content (AvgIpc) is 2.86. The molecule has 0 aliphatic carbocycles. The number of nitrogens with two attached hydrogens (primary N) is 1. The Kier molecular flexibility index (Phi) is 5.20. The molecule has 1 aromatic rings. The van der Waals surface area contributed by atoms with Gasteiger partial charge in [-0.25, -0.2) is 0 Å². The first-order valence-corrected chi connectivity index (χ1v) is 8.76. The summed E-state index contributed by atoms with van der Waals surface area (Å²) in [5.74, 6) is -2.45. The van der Waals surface area contributed by atoms with E-state index in [-0.39, 0.29) is 29.9 Å². The molecule has 142 valence electrons. The summed E-state index contributed by atoms with van der Waals surface area (Å²) in [7, 11) is 0. The third-order valence-electron chi connectivity index (χ3n) is 4.62. The number of carbonyl (C=O) groups excluding carboxylic acids is 5. The number of primary amides is 1. The summed E-state index contributed by atoms with van der Waals surface area (Å²) in [6.45, 7) is 0.588. The fraction of sp³-hybridized carbons (Fsp3) is 0.389. The van der Waals surface area contributed by atoms with E-state index in [2.05, 4.69) is 10.6 Å². The summed E-state index contributed by atoms with van der Waals surface area (Å²) < 4.78 is 0. The van der Waals surface area contributed by atoms with Crippen LogP contribution < -0.4 is 16.4 Å². The number of hydrogen-bond acceptors (Lipinski definition) is 6. The van der Waals surface area contributed by atoms with Gasteiger partial charge in [-0.2, -0.15) is 0 Å². The van der Waals surface area contributed by atoms with E-state index in [0.717, 1.165) is 11.3 Å². The maximum Gasteiger partial charge on any atom is 0.262 e. The van der Waals surface area contributed by atoms with Crippen LogP contribution in [0.4, 0.5) is 5.69 Å². The van der Waals surface area contributed by atoms with Gasteiger partial charge in [0.25, 0.3) is 11.8 Å². The van der Waals surface area contributed by atoms with E-state index in [4.69, 9.17) is 5.73 Å². The van der Waals surface area contributed by atoms with Gasteiger partial charge >= 0.3 is 0 Å². The second kappa shape index (κ2) is 7.56. The smallest absolute Gasteiger partial charge is 0.262 e. The van der Waals surface area contributed by atoms with Crippen molar-refractivity contribution in [3.63, 3.8) is 0 Å². The number of piperidine rings is 1. The number of hydrogen-bond donors (Lipinski definition) is 3. The topological polar surface area (TPSA) is 139 Å². The lowest BCUT2D eigenvalue weighted by atomic mass is 10.0. The van der Waals surface area contributed by atoms with E-state index in [1.165, 1.54) is 0 Å². The first-order valence-electron chi connectivity index (χ1n) is 8.76. The maximum absolute atomic E-state index is 12.7. The van der Waals surface area contributed by atoms with Crippen molar-refractivity contribution in [2.75, 3.05) is 11.9 Å². The molecule has 0 spiro atoms. The molecular formula is C18H20N4O5. The minimum atomic E-state index is -0.972. The fourth-order valence-electron chi connectivity index (χ4n) is 3.24. The Morgan fingerprint density at radius 2 is 1.89 bits per heavy atom. The van der Waals surface area contributed by atoms with Gasteiger partial charge < -0.3 is 11.1 Å². The zero-order valence-electron chi connectivity index (χ0n) is 14.6. The van der Waals surface area contributed by atoms with Crippen LogP contribution in [0, 0.1) is 0 Å². The van der Waals surface area contributed by atoms with E-state index >= 15 is 0 Å². The molecule has 2 aliphatic heterocycles. The molecule has 1 aromatic carbocycles. The fourth-order valence-corrected chi connectivity index (χ4v) is 3.24. The Hall–Kier alpha value is -3.23. The normalized spacial score (nSPS) is 19.1. The van der Waals surface area contributed by atoms with Gasteiger partial charge in [0, 0.05) is 25.1 Å². The lowest BCUT2D eigenvalue weighted by Gasteiger charge is -2.27. The minimum absolute atomic E-state index is 0.0852. The second-order valence-electron chi connectivity index (χ2n) is 6.56. The molecule has 0 radical (unpaired) electrons. The quantitative estimate of drug-likeness (QED) is 0.460. The molecule has 1 saturated heterocycles. The third kappa shape index (κ3) is 3.81. The average molecular weight is 372 g/mol. The predicted octanol–water partition coefficient (Wildman–Crippen LogP) is 0.155. The van der Waals surface area contributed by atoms with Crippen LogP contribution in [0.5, 0.6) is 0 Å². The van der Waals surface area contributed by atoms with Crippen molar-refractivity contribution in [1.29, 1.82) is 0 Å². The Morgan fingerprint density at radius 1 is 1.15 bits per heavy atom. The largest absolute Gasteiger partial charge is 0.385 e. The van der Waals surface area contributed by atoms with Crippen LogP contribution in [0.25, 0.3) is 0 Å². The van der Waals surface area contributed by atoms with Crippen molar-refractivity contribution in [2.24, 2.45) is 5.73 Å². The van der Waals surface area contributed by atoms with Crippen LogP contribution in [-0.2, 0) is 14.4 Å². The van der Waals surface area contributed by atoms with Crippen molar-refractivity contribution >= 4 is 35.2 Å². The van der Waals surface area contributed by atoms with Crippen LogP contribution in [0.1, 0.15) is 52.8 Å². The van der Waals surface area contributed by atoms with E-state index in [0.29, 0.717) is 25.1 Å². The summed E-state index contributed by atoms with van der Waals surface area (Å²) in [6.07, 6.45) is 1.92. The number of anilines is 1. The van der Waals surface area contributed by atoms with Gasteiger partial charge in [-0.1, -0.05) is 0 Å². The van der Waals surface area contributed by atoms with Gasteiger partial charge in [-0.15, -0.1) is 0 Å². The Bertz CT molecular complexity index is 835. The number of carbonyl (C=O) groups is 5. The first kappa shape index (κ1) is 18.6. The molecule has 2 aliphatic rings. The van der Waals surface area contributed by atoms with Crippen molar-refractivity contribution in [3.8, 4) is 0 Å². The molecule has 0 saturated carbocycles. The van der Waals surface area contributed by atoms with E-state index in [1.807, 2.05) is 0 Å².